The Morgan fingerprint density at radius 1 is 1.26 bits per heavy atom. The average Bonchev–Trinajstić information content (AvgIpc) is 3.12. The van der Waals surface area contributed by atoms with E-state index in [-0.39, 0.29) is 6.04 Å². The summed E-state index contributed by atoms with van der Waals surface area (Å²) in [6, 6.07) is 0.0314. The van der Waals surface area contributed by atoms with E-state index in [9.17, 15) is 13.2 Å². The minimum atomic E-state index is -3.41. The number of carbonyl (C=O) groups excluding carboxylic acids is 1. The lowest BCUT2D eigenvalue weighted by Gasteiger charge is -2.29. The van der Waals surface area contributed by atoms with Gasteiger partial charge in [-0.3, -0.25) is 4.79 Å². The summed E-state index contributed by atoms with van der Waals surface area (Å²) in [4.78, 5) is 11.7. The third kappa shape index (κ3) is 2.79. The molecule has 0 radical (unpaired) electrons. The van der Waals surface area contributed by atoms with Crippen LogP contribution >= 0.6 is 0 Å². The van der Waals surface area contributed by atoms with Crippen LogP contribution in [-0.2, 0) is 19.6 Å². The van der Waals surface area contributed by atoms with Crippen molar-refractivity contribution in [3.05, 3.63) is 0 Å². The van der Waals surface area contributed by atoms with Crippen molar-refractivity contribution in [3.8, 4) is 0 Å². The number of hydrogen-bond acceptors (Lipinski definition) is 4. The number of rotatable bonds is 5. The highest BCUT2D eigenvalue weighted by molar-refractivity contribution is 7.89. The molecule has 2 aliphatic carbocycles. The van der Waals surface area contributed by atoms with Crippen molar-refractivity contribution in [1.82, 2.24) is 4.31 Å². The van der Waals surface area contributed by atoms with Gasteiger partial charge in [0.25, 0.3) is 0 Å². The summed E-state index contributed by atoms with van der Waals surface area (Å²) in [5.74, 6) is -0.403. The fourth-order valence-electron chi connectivity index (χ4n) is 3.02. The lowest BCUT2D eigenvalue weighted by Crippen LogP contribution is -2.45. The first-order chi connectivity index (χ1) is 8.89. The van der Waals surface area contributed by atoms with E-state index in [1.165, 1.54) is 11.4 Å². The number of sulfonamides is 1. The fraction of sp³-hybridized carbons (Fsp3) is 0.923. The minimum absolute atomic E-state index is 0.0314. The molecule has 0 bridgehead atoms. The van der Waals surface area contributed by atoms with Crippen LogP contribution in [0.1, 0.15) is 39.0 Å². The van der Waals surface area contributed by atoms with Gasteiger partial charge in [0.1, 0.15) is 0 Å². The molecule has 6 heteroatoms. The molecule has 0 amide bonds. The first kappa shape index (κ1) is 14.8. The third-order valence-corrected chi connectivity index (χ3v) is 7.08. The molecule has 0 spiro atoms. The van der Waals surface area contributed by atoms with Crippen LogP contribution in [0.3, 0.4) is 0 Å². The Hall–Kier alpha value is -0.620. The second-order valence-electron chi connectivity index (χ2n) is 5.74. The number of carbonyl (C=O) groups is 1. The van der Waals surface area contributed by atoms with Crippen molar-refractivity contribution >= 4 is 16.0 Å². The zero-order chi connectivity index (χ0) is 14.2. The highest BCUT2D eigenvalue weighted by atomic mass is 32.2. The molecule has 0 N–H and O–H groups in total. The van der Waals surface area contributed by atoms with E-state index in [0.29, 0.717) is 18.8 Å². The Balaban J connectivity index is 2.15. The first-order valence-corrected chi connectivity index (χ1v) is 8.44. The normalized spacial score (nSPS) is 29.5. The highest BCUT2D eigenvalue weighted by Crippen LogP contribution is 2.39. The topological polar surface area (TPSA) is 63.7 Å². The van der Waals surface area contributed by atoms with Gasteiger partial charge in [0.2, 0.25) is 10.0 Å². The van der Waals surface area contributed by atoms with Crippen LogP contribution < -0.4 is 0 Å². The van der Waals surface area contributed by atoms with E-state index >= 15 is 0 Å². The van der Waals surface area contributed by atoms with Gasteiger partial charge in [0, 0.05) is 13.1 Å². The fourth-order valence-corrected chi connectivity index (χ4v) is 5.21. The maximum absolute atomic E-state index is 12.7. The molecule has 5 nitrogen and oxygen atoms in total. The van der Waals surface area contributed by atoms with Crippen molar-refractivity contribution in [2.45, 2.75) is 50.3 Å². The molecule has 2 saturated carbocycles. The Labute approximate surface area is 115 Å². The van der Waals surface area contributed by atoms with Crippen molar-refractivity contribution < 1.29 is 17.9 Å². The number of ether oxygens (including phenoxy) is 1. The molecule has 0 aromatic heterocycles. The van der Waals surface area contributed by atoms with E-state index < -0.39 is 27.2 Å². The second kappa shape index (κ2) is 5.40. The highest BCUT2D eigenvalue weighted by Gasteiger charge is 2.46. The smallest absolute Gasteiger partial charge is 0.310 e. The maximum atomic E-state index is 12.7. The Kier molecular flexibility index (Phi) is 4.20. The van der Waals surface area contributed by atoms with E-state index in [0.717, 1.165) is 19.3 Å². The van der Waals surface area contributed by atoms with E-state index in [1.807, 2.05) is 6.92 Å². The van der Waals surface area contributed by atoms with Crippen LogP contribution in [-0.4, -0.2) is 44.1 Å². The van der Waals surface area contributed by atoms with Crippen molar-refractivity contribution in [1.29, 1.82) is 0 Å². The molecule has 3 unspecified atom stereocenters. The first-order valence-electron chi connectivity index (χ1n) is 6.94. The molecular weight excluding hydrogens is 266 g/mol. The quantitative estimate of drug-likeness (QED) is 0.717. The van der Waals surface area contributed by atoms with Gasteiger partial charge in [0.15, 0.2) is 0 Å². The monoisotopic (exact) mass is 289 g/mol. The molecule has 3 atom stereocenters. The summed E-state index contributed by atoms with van der Waals surface area (Å²) in [6.07, 6.45) is 4.15. The zero-order valence-electron chi connectivity index (χ0n) is 11.8. The molecule has 19 heavy (non-hydrogen) atoms. The predicted octanol–water partition coefficient (Wildman–Crippen LogP) is 1.39. The van der Waals surface area contributed by atoms with Crippen molar-refractivity contribution in [3.63, 3.8) is 0 Å². The molecule has 110 valence electrons. The largest absolute Gasteiger partial charge is 0.469 e. The number of methoxy groups -OCH3 is 1. The van der Waals surface area contributed by atoms with Crippen LogP contribution in [0, 0.1) is 11.8 Å². The van der Waals surface area contributed by atoms with E-state index in [1.54, 1.807) is 7.05 Å². The van der Waals surface area contributed by atoms with Crippen molar-refractivity contribution in [2.75, 3.05) is 14.2 Å². The summed E-state index contributed by atoms with van der Waals surface area (Å²) in [5.41, 5.74) is 0. The number of nitrogens with zero attached hydrogens (tertiary/aromatic N) is 1. The lowest BCUT2D eigenvalue weighted by atomic mass is 10.1. The van der Waals surface area contributed by atoms with Crippen LogP contribution in [0.15, 0.2) is 0 Å². The summed E-state index contributed by atoms with van der Waals surface area (Å²) >= 11 is 0. The van der Waals surface area contributed by atoms with Gasteiger partial charge in [-0.15, -0.1) is 0 Å². The molecule has 2 fully saturated rings. The van der Waals surface area contributed by atoms with Gasteiger partial charge < -0.3 is 4.74 Å². The van der Waals surface area contributed by atoms with Crippen LogP contribution in [0.4, 0.5) is 0 Å². The zero-order valence-corrected chi connectivity index (χ0v) is 12.6. The summed E-state index contributed by atoms with van der Waals surface area (Å²) in [7, 11) is -0.451. The molecule has 0 aromatic rings. The Morgan fingerprint density at radius 3 is 2.42 bits per heavy atom. The lowest BCUT2D eigenvalue weighted by molar-refractivity contribution is -0.145. The van der Waals surface area contributed by atoms with E-state index in [2.05, 4.69) is 0 Å². The Bertz CT molecular complexity index is 444. The molecule has 2 aliphatic rings. The predicted molar refractivity (Wildman–Crippen MR) is 72.0 cm³/mol. The average molecular weight is 289 g/mol. The van der Waals surface area contributed by atoms with Gasteiger partial charge in [-0.1, -0.05) is 6.42 Å². The summed E-state index contributed by atoms with van der Waals surface area (Å²) in [5, 5.41) is -0.605. The SMILES string of the molecule is COC(=O)C1CCCC1S(=O)(=O)N(C)C(C)C1CC1. The molecule has 0 aliphatic heterocycles. The molecule has 0 heterocycles. The summed E-state index contributed by atoms with van der Waals surface area (Å²) < 4.78 is 31.5. The minimum Gasteiger partial charge on any atom is -0.469 e. The van der Waals surface area contributed by atoms with Crippen LogP contribution in [0.2, 0.25) is 0 Å². The van der Waals surface area contributed by atoms with Gasteiger partial charge in [-0.05, 0) is 38.5 Å². The maximum Gasteiger partial charge on any atom is 0.310 e. The third-order valence-electron chi connectivity index (χ3n) is 4.62. The van der Waals surface area contributed by atoms with Gasteiger partial charge in [0.05, 0.1) is 18.3 Å². The summed E-state index contributed by atoms with van der Waals surface area (Å²) in [6.45, 7) is 1.96. The van der Waals surface area contributed by atoms with Crippen LogP contribution in [0.25, 0.3) is 0 Å². The van der Waals surface area contributed by atoms with Crippen molar-refractivity contribution in [2.24, 2.45) is 11.8 Å². The molecule has 0 aromatic carbocycles. The molecule has 0 saturated heterocycles. The Morgan fingerprint density at radius 2 is 1.89 bits per heavy atom. The molecular formula is C13H23NO4S. The molecule has 2 rings (SSSR count). The van der Waals surface area contributed by atoms with Gasteiger partial charge in [-0.25, -0.2) is 12.7 Å². The number of hydrogen-bond donors (Lipinski definition) is 0. The van der Waals surface area contributed by atoms with Crippen LogP contribution in [0.5, 0.6) is 0 Å². The second-order valence-corrected chi connectivity index (χ2v) is 7.95. The van der Waals surface area contributed by atoms with Gasteiger partial charge in [-0.2, -0.15) is 0 Å². The van der Waals surface area contributed by atoms with Gasteiger partial charge >= 0.3 is 5.97 Å². The van der Waals surface area contributed by atoms with E-state index in [4.69, 9.17) is 4.74 Å². The number of esters is 1. The standard InChI is InChI=1S/C13H23NO4S/c1-9(10-7-8-10)14(2)19(16,17)12-6-4-5-11(12)13(15)18-3/h9-12H,4-8H2,1-3H3.